The summed E-state index contributed by atoms with van der Waals surface area (Å²) < 4.78 is 0. The third kappa shape index (κ3) is 1.71. The Hall–Kier alpha value is -1.51. The molecule has 0 aromatic heterocycles. The molecule has 0 unspecified atom stereocenters. The first-order valence-corrected chi connectivity index (χ1v) is 4.81. The number of nitrogens with zero attached hydrogens (tertiary/aromatic N) is 1. The molecule has 1 aliphatic rings. The van der Waals surface area contributed by atoms with Gasteiger partial charge >= 0.3 is 0 Å². The minimum atomic E-state index is 0.217. The summed E-state index contributed by atoms with van der Waals surface area (Å²) in [7, 11) is 1.81. The molecule has 2 N–H and O–H groups in total. The summed E-state index contributed by atoms with van der Waals surface area (Å²) in [6.07, 6.45) is 2.08. The molecule has 0 aliphatic heterocycles. The van der Waals surface area contributed by atoms with Crippen molar-refractivity contribution in [2.24, 2.45) is 5.92 Å². The van der Waals surface area contributed by atoms with Crippen LogP contribution in [0.1, 0.15) is 12.8 Å². The topological polar surface area (TPSA) is 46.3 Å². The molecular weight excluding hydrogens is 176 g/mol. The number of benzene rings is 1. The fourth-order valence-electron chi connectivity index (χ4n) is 1.43. The maximum absolute atomic E-state index is 11.7. The Morgan fingerprint density at radius 1 is 1.36 bits per heavy atom. The maximum atomic E-state index is 11.7. The van der Waals surface area contributed by atoms with Crippen molar-refractivity contribution in [1.82, 2.24) is 0 Å². The number of anilines is 2. The molecule has 2 rings (SSSR count). The van der Waals surface area contributed by atoms with Gasteiger partial charge in [-0.15, -0.1) is 0 Å². The summed E-state index contributed by atoms with van der Waals surface area (Å²) in [6.45, 7) is 0. The number of carbonyl (C=O) groups is 1. The summed E-state index contributed by atoms with van der Waals surface area (Å²) in [5.74, 6) is 0.479. The van der Waals surface area contributed by atoms with Gasteiger partial charge in [-0.2, -0.15) is 0 Å². The number of hydrogen-bond donors (Lipinski definition) is 1. The smallest absolute Gasteiger partial charge is 0.229 e. The Morgan fingerprint density at radius 3 is 2.43 bits per heavy atom. The molecule has 0 atom stereocenters. The first-order valence-electron chi connectivity index (χ1n) is 4.81. The normalized spacial score (nSPS) is 15.2. The molecule has 74 valence electrons. The fourth-order valence-corrected chi connectivity index (χ4v) is 1.43. The van der Waals surface area contributed by atoms with Gasteiger partial charge in [0.1, 0.15) is 0 Å². The molecule has 1 amide bonds. The lowest BCUT2D eigenvalue weighted by molar-refractivity contribution is -0.119. The van der Waals surface area contributed by atoms with Gasteiger partial charge in [0.05, 0.1) is 0 Å². The summed E-state index contributed by atoms with van der Waals surface area (Å²) in [5, 5.41) is 0. The van der Waals surface area contributed by atoms with Crippen LogP contribution in [0.5, 0.6) is 0 Å². The Morgan fingerprint density at radius 2 is 1.93 bits per heavy atom. The third-order valence-corrected chi connectivity index (χ3v) is 2.54. The van der Waals surface area contributed by atoms with E-state index in [1.807, 2.05) is 31.3 Å². The monoisotopic (exact) mass is 190 g/mol. The summed E-state index contributed by atoms with van der Waals surface area (Å²) >= 11 is 0. The summed E-state index contributed by atoms with van der Waals surface area (Å²) in [5.41, 5.74) is 7.21. The van der Waals surface area contributed by atoms with Gasteiger partial charge in [-0.25, -0.2) is 0 Å². The average molecular weight is 190 g/mol. The quantitative estimate of drug-likeness (QED) is 0.721. The van der Waals surface area contributed by atoms with Crippen molar-refractivity contribution >= 4 is 17.3 Å². The predicted octanol–water partition coefficient (Wildman–Crippen LogP) is 1.64. The van der Waals surface area contributed by atoms with Gasteiger partial charge in [-0.1, -0.05) is 0 Å². The molecule has 0 radical (unpaired) electrons. The molecule has 0 saturated heterocycles. The highest BCUT2D eigenvalue weighted by Crippen LogP contribution is 2.32. The van der Waals surface area contributed by atoms with Crippen molar-refractivity contribution in [3.63, 3.8) is 0 Å². The Balaban J connectivity index is 2.13. The van der Waals surface area contributed by atoms with E-state index in [9.17, 15) is 4.79 Å². The summed E-state index contributed by atoms with van der Waals surface area (Å²) in [4.78, 5) is 13.4. The van der Waals surface area contributed by atoms with Crippen LogP contribution in [0.4, 0.5) is 11.4 Å². The first-order chi connectivity index (χ1) is 6.68. The van der Waals surface area contributed by atoms with Crippen LogP contribution in [-0.2, 0) is 4.79 Å². The van der Waals surface area contributed by atoms with Crippen LogP contribution < -0.4 is 10.6 Å². The molecule has 1 aliphatic carbocycles. The van der Waals surface area contributed by atoms with E-state index in [1.54, 1.807) is 4.90 Å². The zero-order chi connectivity index (χ0) is 10.1. The molecular formula is C11H14N2O. The number of carbonyl (C=O) groups excluding carboxylic acids is 1. The summed E-state index contributed by atoms with van der Waals surface area (Å²) in [6, 6.07) is 7.36. The highest BCUT2D eigenvalue weighted by atomic mass is 16.2. The molecule has 3 nitrogen and oxygen atoms in total. The Kier molecular flexibility index (Phi) is 2.15. The van der Waals surface area contributed by atoms with Crippen molar-refractivity contribution in [3.8, 4) is 0 Å². The second-order valence-electron chi connectivity index (χ2n) is 3.76. The lowest BCUT2D eigenvalue weighted by Gasteiger charge is -2.16. The van der Waals surface area contributed by atoms with Crippen LogP contribution in [0.3, 0.4) is 0 Å². The van der Waals surface area contributed by atoms with Gasteiger partial charge < -0.3 is 10.6 Å². The Bertz CT molecular complexity index is 341. The average Bonchev–Trinajstić information content (AvgIpc) is 3.00. The number of nitrogen functional groups attached to an aromatic ring is 1. The number of hydrogen-bond acceptors (Lipinski definition) is 2. The van der Waals surface area contributed by atoms with E-state index in [-0.39, 0.29) is 11.8 Å². The molecule has 0 heterocycles. The fraction of sp³-hybridized carbons (Fsp3) is 0.364. The highest BCUT2D eigenvalue weighted by Gasteiger charge is 2.32. The van der Waals surface area contributed by atoms with Crippen LogP contribution in [0.2, 0.25) is 0 Å². The number of amides is 1. The van der Waals surface area contributed by atoms with E-state index in [1.165, 1.54) is 0 Å². The van der Waals surface area contributed by atoms with E-state index in [0.717, 1.165) is 24.2 Å². The van der Waals surface area contributed by atoms with Gasteiger partial charge in [0.2, 0.25) is 5.91 Å². The number of nitrogens with two attached hydrogens (primary N) is 1. The minimum absolute atomic E-state index is 0.217. The van der Waals surface area contributed by atoms with Crippen LogP contribution >= 0.6 is 0 Å². The molecule has 1 aromatic carbocycles. The van der Waals surface area contributed by atoms with E-state index in [0.29, 0.717) is 0 Å². The van der Waals surface area contributed by atoms with E-state index in [2.05, 4.69) is 0 Å². The molecule has 14 heavy (non-hydrogen) atoms. The van der Waals surface area contributed by atoms with Gasteiger partial charge in [0.25, 0.3) is 0 Å². The van der Waals surface area contributed by atoms with E-state index >= 15 is 0 Å². The standard InChI is InChI=1S/C11H14N2O/c1-13(11(14)8-2-3-8)10-6-4-9(12)5-7-10/h4-8H,2-3,12H2,1H3. The molecule has 1 aromatic rings. The largest absolute Gasteiger partial charge is 0.399 e. The first kappa shape index (κ1) is 9.06. The van der Waals surface area contributed by atoms with Gasteiger partial charge in [-0.05, 0) is 37.1 Å². The van der Waals surface area contributed by atoms with Crippen molar-refractivity contribution in [2.75, 3.05) is 17.7 Å². The van der Waals surface area contributed by atoms with Gasteiger partial charge in [0, 0.05) is 24.3 Å². The van der Waals surface area contributed by atoms with Crippen molar-refractivity contribution < 1.29 is 4.79 Å². The number of rotatable bonds is 2. The molecule has 0 spiro atoms. The molecule has 1 fully saturated rings. The lowest BCUT2D eigenvalue weighted by Crippen LogP contribution is -2.27. The lowest BCUT2D eigenvalue weighted by atomic mass is 10.2. The zero-order valence-electron chi connectivity index (χ0n) is 8.23. The maximum Gasteiger partial charge on any atom is 0.229 e. The van der Waals surface area contributed by atoms with Crippen molar-refractivity contribution in [1.29, 1.82) is 0 Å². The van der Waals surface area contributed by atoms with Crippen LogP contribution in [0, 0.1) is 5.92 Å². The van der Waals surface area contributed by atoms with Gasteiger partial charge in [-0.3, -0.25) is 4.79 Å². The SMILES string of the molecule is CN(C(=O)C1CC1)c1ccc(N)cc1. The second kappa shape index (κ2) is 3.33. The minimum Gasteiger partial charge on any atom is -0.399 e. The predicted molar refractivity (Wildman–Crippen MR) is 57.0 cm³/mol. The van der Waals surface area contributed by atoms with Crippen molar-refractivity contribution in [2.45, 2.75) is 12.8 Å². The second-order valence-corrected chi connectivity index (χ2v) is 3.76. The van der Waals surface area contributed by atoms with Gasteiger partial charge in [0.15, 0.2) is 0 Å². The molecule has 0 bridgehead atoms. The zero-order valence-corrected chi connectivity index (χ0v) is 8.23. The Labute approximate surface area is 83.5 Å². The molecule has 1 saturated carbocycles. The highest BCUT2D eigenvalue weighted by molar-refractivity contribution is 5.96. The van der Waals surface area contributed by atoms with Crippen molar-refractivity contribution in [3.05, 3.63) is 24.3 Å². The van der Waals surface area contributed by atoms with E-state index < -0.39 is 0 Å². The van der Waals surface area contributed by atoms with E-state index in [4.69, 9.17) is 5.73 Å². The van der Waals surface area contributed by atoms with Crippen LogP contribution in [-0.4, -0.2) is 13.0 Å². The molecule has 3 heteroatoms. The third-order valence-electron chi connectivity index (χ3n) is 2.54. The van der Waals surface area contributed by atoms with Crippen LogP contribution in [0.25, 0.3) is 0 Å². The van der Waals surface area contributed by atoms with Crippen LogP contribution in [0.15, 0.2) is 24.3 Å².